The molecule has 2 heterocycles. The summed E-state index contributed by atoms with van der Waals surface area (Å²) in [6, 6.07) is 8.53. The first-order valence-corrected chi connectivity index (χ1v) is 7.93. The average molecular weight is 283 g/mol. The first-order chi connectivity index (χ1) is 10.4. The van der Waals surface area contributed by atoms with E-state index in [9.17, 15) is 0 Å². The Kier molecular flexibility index (Phi) is 3.39. The fourth-order valence-electron chi connectivity index (χ4n) is 3.49. The van der Waals surface area contributed by atoms with Crippen molar-refractivity contribution in [2.24, 2.45) is 0 Å². The minimum atomic E-state index is 0.137. The minimum Gasteiger partial charge on any atom is -0.490 e. The van der Waals surface area contributed by atoms with Crippen LogP contribution >= 0.6 is 0 Å². The van der Waals surface area contributed by atoms with Crippen LogP contribution in [0.1, 0.15) is 48.7 Å². The molecule has 2 aromatic rings. The van der Waals surface area contributed by atoms with Gasteiger partial charge in [0, 0.05) is 24.2 Å². The Balaban J connectivity index is 1.66. The lowest BCUT2D eigenvalue weighted by atomic mass is 9.97. The second-order valence-corrected chi connectivity index (χ2v) is 5.97. The second-order valence-electron chi connectivity index (χ2n) is 5.97. The number of imidazole rings is 1. The highest BCUT2D eigenvalue weighted by Crippen LogP contribution is 2.34. The zero-order valence-electron chi connectivity index (χ0n) is 12.1. The van der Waals surface area contributed by atoms with Crippen molar-refractivity contribution < 1.29 is 4.74 Å². The summed E-state index contributed by atoms with van der Waals surface area (Å²) < 4.78 is 6.27. The topological polar surface area (TPSA) is 49.9 Å². The number of benzene rings is 1. The lowest BCUT2D eigenvalue weighted by molar-refractivity contribution is 0.206. The van der Waals surface area contributed by atoms with Gasteiger partial charge in [0.2, 0.25) is 0 Å². The second kappa shape index (κ2) is 5.53. The maximum Gasteiger partial charge on any atom is 0.124 e. The van der Waals surface area contributed by atoms with Crippen molar-refractivity contribution in [1.82, 2.24) is 15.3 Å². The lowest BCUT2D eigenvalue weighted by Gasteiger charge is -2.26. The number of ether oxygens (including phenoxy) is 1. The SMILES string of the molecule is c1ccc([C@H]2NCCc3[nH]cnc32)c(OC2CCCC2)c1. The molecule has 4 rings (SSSR count). The zero-order valence-corrected chi connectivity index (χ0v) is 12.1. The third-order valence-electron chi connectivity index (χ3n) is 4.57. The maximum atomic E-state index is 6.27. The third kappa shape index (κ3) is 2.44. The molecule has 0 spiro atoms. The Labute approximate surface area is 124 Å². The molecule has 0 bridgehead atoms. The fourth-order valence-corrected chi connectivity index (χ4v) is 3.49. The monoisotopic (exact) mass is 283 g/mol. The molecular formula is C17H21N3O. The minimum absolute atomic E-state index is 0.137. The molecule has 0 saturated heterocycles. The Morgan fingerprint density at radius 2 is 2.00 bits per heavy atom. The van der Waals surface area contributed by atoms with E-state index < -0.39 is 0 Å². The molecule has 110 valence electrons. The van der Waals surface area contributed by atoms with Crippen LogP contribution in [0, 0.1) is 0 Å². The molecule has 4 heteroatoms. The number of aromatic amines is 1. The van der Waals surface area contributed by atoms with Crippen molar-refractivity contribution in [3.05, 3.63) is 47.5 Å². The number of nitrogens with zero attached hydrogens (tertiary/aromatic N) is 1. The average Bonchev–Trinajstić information content (AvgIpc) is 3.18. The summed E-state index contributed by atoms with van der Waals surface area (Å²) in [5.41, 5.74) is 3.57. The molecule has 1 saturated carbocycles. The maximum absolute atomic E-state index is 6.27. The molecule has 0 amide bonds. The van der Waals surface area contributed by atoms with E-state index in [1.807, 2.05) is 0 Å². The first-order valence-electron chi connectivity index (χ1n) is 7.93. The normalized spacial score (nSPS) is 22.2. The third-order valence-corrected chi connectivity index (χ3v) is 4.57. The van der Waals surface area contributed by atoms with E-state index in [4.69, 9.17) is 4.74 Å². The number of H-pyrrole nitrogens is 1. The predicted molar refractivity (Wildman–Crippen MR) is 81.5 cm³/mol. The van der Waals surface area contributed by atoms with Gasteiger partial charge in [0.15, 0.2) is 0 Å². The van der Waals surface area contributed by atoms with Gasteiger partial charge in [-0.2, -0.15) is 0 Å². The van der Waals surface area contributed by atoms with Crippen molar-refractivity contribution >= 4 is 0 Å². The van der Waals surface area contributed by atoms with Crippen LogP contribution in [-0.4, -0.2) is 22.6 Å². The standard InChI is InChI=1S/C17H21N3O/c1-2-6-12(5-1)21-15-8-4-3-7-13(15)16-17-14(9-10-18-16)19-11-20-17/h3-4,7-8,11-12,16,18H,1-2,5-6,9-10H2,(H,19,20)/t16-/m1/s1. The first kappa shape index (κ1) is 12.9. The van der Waals surface area contributed by atoms with Gasteiger partial charge in [-0.1, -0.05) is 18.2 Å². The molecule has 0 unspecified atom stereocenters. The van der Waals surface area contributed by atoms with Gasteiger partial charge >= 0.3 is 0 Å². The summed E-state index contributed by atoms with van der Waals surface area (Å²) in [6.07, 6.45) is 8.13. The molecular weight excluding hydrogens is 262 g/mol. The van der Waals surface area contributed by atoms with Crippen LogP contribution < -0.4 is 10.1 Å². The molecule has 4 nitrogen and oxygen atoms in total. The molecule has 1 aliphatic carbocycles. The summed E-state index contributed by atoms with van der Waals surface area (Å²) in [5, 5.41) is 3.58. The van der Waals surface area contributed by atoms with E-state index >= 15 is 0 Å². The summed E-state index contributed by atoms with van der Waals surface area (Å²) in [5.74, 6) is 1.01. The van der Waals surface area contributed by atoms with Crippen LogP contribution in [0.2, 0.25) is 0 Å². The molecule has 1 atom stereocenters. The van der Waals surface area contributed by atoms with Gasteiger partial charge in [0.1, 0.15) is 5.75 Å². The molecule has 2 aliphatic rings. The number of hydrogen-bond donors (Lipinski definition) is 2. The van der Waals surface area contributed by atoms with Gasteiger partial charge in [-0.25, -0.2) is 4.98 Å². The lowest BCUT2D eigenvalue weighted by Crippen LogP contribution is -2.31. The van der Waals surface area contributed by atoms with Crippen molar-refractivity contribution in [2.45, 2.75) is 44.2 Å². The number of para-hydroxylation sites is 1. The van der Waals surface area contributed by atoms with Crippen LogP contribution in [0.5, 0.6) is 5.75 Å². The summed E-state index contributed by atoms with van der Waals surface area (Å²) >= 11 is 0. The summed E-state index contributed by atoms with van der Waals surface area (Å²) in [6.45, 7) is 0.970. The van der Waals surface area contributed by atoms with Crippen molar-refractivity contribution in [3.63, 3.8) is 0 Å². The fraction of sp³-hybridized carbons (Fsp3) is 0.471. The quantitative estimate of drug-likeness (QED) is 0.910. The number of nitrogens with one attached hydrogen (secondary N) is 2. The van der Waals surface area contributed by atoms with Crippen LogP contribution in [0.4, 0.5) is 0 Å². The predicted octanol–water partition coefficient (Wildman–Crippen LogP) is 2.97. The molecule has 1 fully saturated rings. The molecule has 1 aromatic heterocycles. The molecule has 1 aromatic carbocycles. The van der Waals surface area contributed by atoms with E-state index in [1.54, 1.807) is 6.33 Å². The molecule has 21 heavy (non-hydrogen) atoms. The van der Waals surface area contributed by atoms with Gasteiger partial charge in [-0.15, -0.1) is 0 Å². The van der Waals surface area contributed by atoms with Gasteiger partial charge in [-0.3, -0.25) is 0 Å². The van der Waals surface area contributed by atoms with E-state index in [-0.39, 0.29) is 6.04 Å². The van der Waals surface area contributed by atoms with Crippen molar-refractivity contribution in [1.29, 1.82) is 0 Å². The number of fused-ring (bicyclic) bond motifs is 1. The Morgan fingerprint density at radius 3 is 2.90 bits per heavy atom. The number of aromatic nitrogens is 2. The smallest absolute Gasteiger partial charge is 0.124 e. The van der Waals surface area contributed by atoms with Gasteiger partial charge < -0.3 is 15.0 Å². The summed E-state index contributed by atoms with van der Waals surface area (Å²) in [7, 11) is 0. The van der Waals surface area contributed by atoms with E-state index in [0.717, 1.165) is 24.4 Å². The highest BCUT2D eigenvalue weighted by Gasteiger charge is 2.27. The Bertz CT molecular complexity index is 616. The van der Waals surface area contributed by atoms with Gasteiger partial charge in [-0.05, 0) is 31.7 Å². The van der Waals surface area contributed by atoms with Crippen LogP contribution in [-0.2, 0) is 6.42 Å². The van der Waals surface area contributed by atoms with E-state index in [2.05, 4.69) is 39.6 Å². The van der Waals surface area contributed by atoms with Crippen molar-refractivity contribution in [3.8, 4) is 5.75 Å². The molecule has 1 aliphatic heterocycles. The van der Waals surface area contributed by atoms with Gasteiger partial charge in [0.25, 0.3) is 0 Å². The zero-order chi connectivity index (χ0) is 14.1. The highest BCUT2D eigenvalue weighted by atomic mass is 16.5. The number of rotatable bonds is 3. The van der Waals surface area contributed by atoms with Crippen LogP contribution in [0.25, 0.3) is 0 Å². The van der Waals surface area contributed by atoms with E-state index in [0.29, 0.717) is 6.10 Å². The molecule has 0 radical (unpaired) electrons. The van der Waals surface area contributed by atoms with Crippen LogP contribution in [0.3, 0.4) is 0 Å². The molecule has 2 N–H and O–H groups in total. The Hall–Kier alpha value is -1.81. The van der Waals surface area contributed by atoms with Gasteiger partial charge in [0.05, 0.1) is 24.2 Å². The van der Waals surface area contributed by atoms with E-state index in [1.165, 1.54) is 36.9 Å². The Morgan fingerprint density at radius 1 is 1.14 bits per heavy atom. The largest absolute Gasteiger partial charge is 0.490 e. The summed E-state index contributed by atoms with van der Waals surface area (Å²) in [4.78, 5) is 7.77. The highest BCUT2D eigenvalue weighted by molar-refractivity contribution is 5.42. The van der Waals surface area contributed by atoms with Crippen LogP contribution in [0.15, 0.2) is 30.6 Å². The van der Waals surface area contributed by atoms with Crippen molar-refractivity contribution in [2.75, 3.05) is 6.54 Å². The number of hydrogen-bond acceptors (Lipinski definition) is 3.